The van der Waals surface area contributed by atoms with Crippen molar-refractivity contribution >= 4 is 16.6 Å². The number of anilines is 1. The topological polar surface area (TPSA) is 48.7 Å². The fourth-order valence-electron chi connectivity index (χ4n) is 3.45. The molecule has 3 nitrogen and oxygen atoms in total. The Hall–Kier alpha value is -2.08. The first kappa shape index (κ1) is 13.9. The quantitative estimate of drug-likeness (QED) is 0.900. The highest BCUT2D eigenvalue weighted by Crippen LogP contribution is 2.33. The summed E-state index contributed by atoms with van der Waals surface area (Å²) in [4.78, 5) is 4.38. The van der Waals surface area contributed by atoms with E-state index in [0.717, 1.165) is 16.6 Å². The zero-order valence-electron chi connectivity index (χ0n) is 12.5. The maximum Gasteiger partial charge on any atom is 0.103 e. The van der Waals surface area contributed by atoms with Crippen molar-refractivity contribution in [3.8, 4) is 6.07 Å². The molecule has 2 unspecified atom stereocenters. The maximum absolute atomic E-state index is 9.40. The SMILES string of the molecule is CCC1CCCCC1Nc1c(C#N)cnc2ccccc12. The van der Waals surface area contributed by atoms with Gasteiger partial charge in [-0.05, 0) is 24.8 Å². The third kappa shape index (κ3) is 2.71. The molecule has 0 spiro atoms. The number of nitrogens with one attached hydrogen (secondary N) is 1. The average molecular weight is 279 g/mol. The summed E-state index contributed by atoms with van der Waals surface area (Å²) in [5, 5.41) is 14.1. The van der Waals surface area contributed by atoms with Gasteiger partial charge in [0.1, 0.15) is 6.07 Å². The first-order chi connectivity index (χ1) is 10.3. The van der Waals surface area contributed by atoms with E-state index in [9.17, 15) is 5.26 Å². The van der Waals surface area contributed by atoms with Gasteiger partial charge in [0.05, 0.1) is 16.8 Å². The van der Waals surface area contributed by atoms with Gasteiger partial charge in [-0.1, -0.05) is 44.4 Å². The molecule has 1 aliphatic rings. The van der Waals surface area contributed by atoms with Gasteiger partial charge < -0.3 is 5.32 Å². The molecule has 0 amide bonds. The van der Waals surface area contributed by atoms with Crippen LogP contribution < -0.4 is 5.32 Å². The number of fused-ring (bicyclic) bond motifs is 1. The molecule has 3 rings (SSSR count). The van der Waals surface area contributed by atoms with Crippen LogP contribution in [0.1, 0.15) is 44.6 Å². The summed E-state index contributed by atoms with van der Waals surface area (Å²) in [5.74, 6) is 0.706. The fraction of sp³-hybridized carbons (Fsp3) is 0.444. The highest BCUT2D eigenvalue weighted by molar-refractivity contribution is 5.93. The third-order valence-corrected chi connectivity index (χ3v) is 4.66. The number of benzene rings is 1. The minimum atomic E-state index is 0.474. The van der Waals surface area contributed by atoms with Crippen LogP contribution in [0.25, 0.3) is 10.9 Å². The Morgan fingerprint density at radius 1 is 1.29 bits per heavy atom. The molecule has 1 aromatic heterocycles. The van der Waals surface area contributed by atoms with Gasteiger partial charge >= 0.3 is 0 Å². The molecular formula is C18H21N3. The van der Waals surface area contributed by atoms with Crippen molar-refractivity contribution in [2.45, 2.75) is 45.1 Å². The minimum absolute atomic E-state index is 0.474. The van der Waals surface area contributed by atoms with E-state index >= 15 is 0 Å². The monoisotopic (exact) mass is 279 g/mol. The van der Waals surface area contributed by atoms with Gasteiger partial charge in [0.15, 0.2) is 0 Å². The molecule has 1 aromatic carbocycles. The van der Waals surface area contributed by atoms with Crippen LogP contribution in [-0.2, 0) is 0 Å². The molecule has 21 heavy (non-hydrogen) atoms. The molecule has 0 radical (unpaired) electrons. The number of aromatic nitrogens is 1. The first-order valence-electron chi connectivity index (χ1n) is 7.88. The van der Waals surface area contributed by atoms with Crippen LogP contribution in [0.2, 0.25) is 0 Å². The number of hydrogen-bond donors (Lipinski definition) is 1. The van der Waals surface area contributed by atoms with Gasteiger partial charge in [0, 0.05) is 17.6 Å². The molecule has 3 heteroatoms. The van der Waals surface area contributed by atoms with Crippen molar-refractivity contribution in [2.75, 3.05) is 5.32 Å². The van der Waals surface area contributed by atoms with Crippen LogP contribution in [0.15, 0.2) is 30.5 Å². The van der Waals surface area contributed by atoms with Crippen LogP contribution >= 0.6 is 0 Å². The summed E-state index contributed by atoms with van der Waals surface area (Å²) < 4.78 is 0. The highest BCUT2D eigenvalue weighted by atomic mass is 14.9. The summed E-state index contributed by atoms with van der Waals surface area (Å²) in [6, 6.07) is 10.8. The molecule has 0 saturated heterocycles. The number of para-hydroxylation sites is 1. The summed E-state index contributed by atoms with van der Waals surface area (Å²) in [5.41, 5.74) is 2.56. The number of rotatable bonds is 3. The maximum atomic E-state index is 9.40. The standard InChI is InChI=1S/C18H21N3/c1-2-13-7-3-5-9-16(13)21-18-14(11-19)12-20-17-10-6-4-8-15(17)18/h4,6,8,10,12-13,16H,2-3,5,7,9H2,1H3,(H,20,21). The van der Waals surface area contributed by atoms with Crippen LogP contribution in [-0.4, -0.2) is 11.0 Å². The first-order valence-corrected chi connectivity index (χ1v) is 7.88. The molecule has 1 heterocycles. The van der Waals surface area contributed by atoms with Crippen molar-refractivity contribution in [1.82, 2.24) is 4.98 Å². The van der Waals surface area contributed by atoms with E-state index in [1.54, 1.807) is 6.20 Å². The van der Waals surface area contributed by atoms with Crippen molar-refractivity contribution in [1.29, 1.82) is 5.26 Å². The third-order valence-electron chi connectivity index (χ3n) is 4.66. The van der Waals surface area contributed by atoms with Crippen molar-refractivity contribution in [3.63, 3.8) is 0 Å². The summed E-state index contributed by atoms with van der Waals surface area (Å²) in [7, 11) is 0. The molecule has 1 fully saturated rings. The Bertz CT molecular complexity index is 672. The lowest BCUT2D eigenvalue weighted by Gasteiger charge is -2.32. The van der Waals surface area contributed by atoms with Crippen LogP contribution in [0.4, 0.5) is 5.69 Å². The lowest BCUT2D eigenvalue weighted by Crippen LogP contribution is -2.32. The van der Waals surface area contributed by atoms with Gasteiger partial charge in [0.25, 0.3) is 0 Å². The highest BCUT2D eigenvalue weighted by Gasteiger charge is 2.24. The van der Waals surface area contributed by atoms with E-state index in [0.29, 0.717) is 17.5 Å². The lowest BCUT2D eigenvalue weighted by molar-refractivity contribution is 0.317. The van der Waals surface area contributed by atoms with Gasteiger partial charge in [-0.15, -0.1) is 0 Å². The lowest BCUT2D eigenvalue weighted by atomic mass is 9.82. The van der Waals surface area contributed by atoms with Gasteiger partial charge in [-0.3, -0.25) is 4.98 Å². The molecule has 108 valence electrons. The molecule has 1 saturated carbocycles. The number of nitrogens with zero attached hydrogens (tertiary/aromatic N) is 2. The molecule has 1 aliphatic carbocycles. The predicted molar refractivity (Wildman–Crippen MR) is 86.1 cm³/mol. The smallest absolute Gasteiger partial charge is 0.103 e. The van der Waals surface area contributed by atoms with E-state index in [2.05, 4.69) is 29.4 Å². The Morgan fingerprint density at radius 3 is 2.90 bits per heavy atom. The molecule has 0 aliphatic heterocycles. The number of hydrogen-bond acceptors (Lipinski definition) is 3. The summed E-state index contributed by atoms with van der Waals surface area (Å²) >= 11 is 0. The van der Waals surface area contributed by atoms with E-state index in [1.165, 1.54) is 32.1 Å². The van der Waals surface area contributed by atoms with Gasteiger partial charge in [-0.25, -0.2) is 0 Å². The number of pyridine rings is 1. The second-order valence-corrected chi connectivity index (χ2v) is 5.88. The second kappa shape index (κ2) is 6.13. The Balaban J connectivity index is 2.00. The zero-order valence-corrected chi connectivity index (χ0v) is 12.5. The Morgan fingerprint density at radius 2 is 2.10 bits per heavy atom. The number of nitriles is 1. The van der Waals surface area contributed by atoms with Crippen molar-refractivity contribution in [3.05, 3.63) is 36.0 Å². The largest absolute Gasteiger partial charge is 0.380 e. The summed E-state index contributed by atoms with van der Waals surface area (Å²) in [6.07, 6.45) is 7.98. The molecule has 0 bridgehead atoms. The van der Waals surface area contributed by atoms with E-state index in [-0.39, 0.29) is 0 Å². The van der Waals surface area contributed by atoms with E-state index in [4.69, 9.17) is 0 Å². The Labute approximate surface area is 126 Å². The molecule has 1 N–H and O–H groups in total. The molecule has 2 atom stereocenters. The Kier molecular flexibility index (Phi) is 4.06. The van der Waals surface area contributed by atoms with Gasteiger partial charge in [0.2, 0.25) is 0 Å². The second-order valence-electron chi connectivity index (χ2n) is 5.88. The van der Waals surface area contributed by atoms with Crippen LogP contribution in [0.3, 0.4) is 0 Å². The predicted octanol–water partition coefficient (Wildman–Crippen LogP) is 4.49. The molecule has 2 aromatic rings. The minimum Gasteiger partial charge on any atom is -0.380 e. The normalized spacial score (nSPS) is 21.9. The zero-order chi connectivity index (χ0) is 14.7. The average Bonchev–Trinajstić information content (AvgIpc) is 2.55. The van der Waals surface area contributed by atoms with E-state index < -0.39 is 0 Å². The molecular weight excluding hydrogens is 258 g/mol. The van der Waals surface area contributed by atoms with Crippen LogP contribution in [0, 0.1) is 17.2 Å². The van der Waals surface area contributed by atoms with Crippen molar-refractivity contribution in [2.24, 2.45) is 5.92 Å². The van der Waals surface area contributed by atoms with E-state index in [1.807, 2.05) is 18.2 Å². The van der Waals surface area contributed by atoms with Crippen LogP contribution in [0.5, 0.6) is 0 Å². The summed E-state index contributed by atoms with van der Waals surface area (Å²) in [6.45, 7) is 2.26. The fourth-order valence-corrected chi connectivity index (χ4v) is 3.45. The van der Waals surface area contributed by atoms with Crippen molar-refractivity contribution < 1.29 is 0 Å². The van der Waals surface area contributed by atoms with Gasteiger partial charge in [-0.2, -0.15) is 5.26 Å².